The Morgan fingerprint density at radius 1 is 1.31 bits per heavy atom. The highest BCUT2D eigenvalue weighted by atomic mass is 32.2. The highest BCUT2D eigenvalue weighted by Crippen LogP contribution is 2.29. The second kappa shape index (κ2) is 8.80. The maximum Gasteiger partial charge on any atom is 0.267 e. The number of rotatable bonds is 7. The molecule has 1 amide bonds. The van der Waals surface area contributed by atoms with E-state index in [1.165, 1.54) is 0 Å². The van der Waals surface area contributed by atoms with Gasteiger partial charge in [0.25, 0.3) is 5.91 Å². The van der Waals surface area contributed by atoms with Crippen LogP contribution in [0.2, 0.25) is 0 Å². The molecular weight excluding hydrogens is 384 g/mol. The van der Waals surface area contributed by atoms with E-state index in [9.17, 15) is 9.59 Å². The molecule has 4 rings (SSSR count). The molecule has 6 nitrogen and oxygen atoms in total. The molecule has 2 N–H and O–H groups in total. The van der Waals surface area contributed by atoms with Crippen LogP contribution in [0.5, 0.6) is 0 Å². The molecule has 3 aromatic rings. The summed E-state index contributed by atoms with van der Waals surface area (Å²) in [4.78, 5) is 32.7. The number of hydrogen-bond acceptors (Lipinski definition) is 5. The fourth-order valence-corrected chi connectivity index (χ4v) is 4.58. The molecule has 0 bridgehead atoms. The monoisotopic (exact) mass is 408 g/mol. The number of aromatic amines is 1. The number of amides is 1. The topological polar surface area (TPSA) is 78.1 Å². The molecule has 1 fully saturated rings. The van der Waals surface area contributed by atoms with Crippen LogP contribution in [-0.4, -0.2) is 39.1 Å². The number of aromatic nitrogens is 2. The average molecular weight is 409 g/mol. The smallest absolute Gasteiger partial charge is 0.267 e. The highest BCUT2D eigenvalue weighted by molar-refractivity contribution is 7.97. The minimum absolute atomic E-state index is 0.141. The second-order valence-corrected chi connectivity index (χ2v) is 8.51. The summed E-state index contributed by atoms with van der Waals surface area (Å²) < 4.78 is 2.14. The van der Waals surface area contributed by atoms with Crippen molar-refractivity contribution in [3.05, 3.63) is 60.0 Å². The zero-order valence-corrected chi connectivity index (χ0v) is 17.2. The predicted octanol–water partition coefficient (Wildman–Crippen LogP) is 3.80. The molecule has 1 aliphatic heterocycles. The first-order valence-corrected chi connectivity index (χ1v) is 10.6. The summed E-state index contributed by atoms with van der Waals surface area (Å²) in [5.41, 5.74) is 2.45. The molecule has 29 heavy (non-hydrogen) atoms. The summed E-state index contributed by atoms with van der Waals surface area (Å²) in [5.74, 6) is 0.394. The van der Waals surface area contributed by atoms with Gasteiger partial charge in [0.2, 0.25) is 0 Å². The number of carbonyl (C=O) groups is 2. The number of hydrogen-bond donors (Lipinski definition) is 2. The Kier molecular flexibility index (Phi) is 5.97. The van der Waals surface area contributed by atoms with E-state index in [1.54, 1.807) is 30.4 Å². The number of Topliss-reactive ketones (excluding diaryl/α,β-unsaturated/α-hetero) is 1. The van der Waals surface area contributed by atoms with Gasteiger partial charge in [0, 0.05) is 47.2 Å². The Morgan fingerprint density at radius 2 is 2.14 bits per heavy atom. The highest BCUT2D eigenvalue weighted by Gasteiger charge is 2.30. The lowest BCUT2D eigenvalue weighted by Gasteiger charge is -2.14. The maximum absolute atomic E-state index is 12.4. The standard InChI is InChI=1S/C22H24N4O2S/c1-2-3-16-13-26(14-21(16)27)29-18-6-4-15(5-7-18)11-24-22(28)20-10-17-12-23-9-8-19(17)25-20/h4-10,12,16,25H,2-3,11,13-14H2,1H3,(H,24,28). The number of nitrogens with zero attached hydrogens (tertiary/aromatic N) is 2. The quantitative estimate of drug-likeness (QED) is 0.582. The maximum atomic E-state index is 12.4. The van der Waals surface area contributed by atoms with Crippen LogP contribution in [0.1, 0.15) is 35.8 Å². The zero-order valence-electron chi connectivity index (χ0n) is 16.4. The van der Waals surface area contributed by atoms with Crippen molar-refractivity contribution in [1.82, 2.24) is 19.6 Å². The first-order valence-electron chi connectivity index (χ1n) is 9.88. The number of fused-ring (bicyclic) bond motifs is 1. The second-order valence-electron chi connectivity index (χ2n) is 7.34. The van der Waals surface area contributed by atoms with Gasteiger partial charge >= 0.3 is 0 Å². The van der Waals surface area contributed by atoms with Crippen molar-refractivity contribution >= 4 is 34.5 Å². The molecule has 1 saturated heterocycles. The van der Waals surface area contributed by atoms with Crippen LogP contribution in [-0.2, 0) is 11.3 Å². The number of nitrogens with one attached hydrogen (secondary N) is 2. The van der Waals surface area contributed by atoms with Crippen molar-refractivity contribution in [2.45, 2.75) is 31.2 Å². The fourth-order valence-electron chi connectivity index (χ4n) is 3.57. The third kappa shape index (κ3) is 4.68. The van der Waals surface area contributed by atoms with Crippen LogP contribution in [0.4, 0.5) is 0 Å². The minimum atomic E-state index is -0.141. The largest absolute Gasteiger partial charge is 0.350 e. The molecule has 7 heteroatoms. The van der Waals surface area contributed by atoms with E-state index < -0.39 is 0 Å². The molecule has 1 unspecified atom stereocenters. The van der Waals surface area contributed by atoms with Gasteiger partial charge in [-0.3, -0.25) is 14.6 Å². The molecule has 1 aliphatic rings. The van der Waals surface area contributed by atoms with Gasteiger partial charge in [0.15, 0.2) is 5.78 Å². The molecule has 0 radical (unpaired) electrons. The van der Waals surface area contributed by atoms with Crippen molar-refractivity contribution in [3.8, 4) is 0 Å². The first kappa shape index (κ1) is 19.7. The van der Waals surface area contributed by atoms with Gasteiger partial charge in [-0.25, -0.2) is 4.31 Å². The number of benzene rings is 1. The van der Waals surface area contributed by atoms with Crippen molar-refractivity contribution < 1.29 is 9.59 Å². The van der Waals surface area contributed by atoms with Crippen LogP contribution in [0.15, 0.2) is 53.7 Å². The lowest BCUT2D eigenvalue weighted by atomic mass is 10.0. The normalized spacial score (nSPS) is 17.1. The third-order valence-electron chi connectivity index (χ3n) is 5.13. The lowest BCUT2D eigenvalue weighted by molar-refractivity contribution is -0.119. The SMILES string of the molecule is CCCC1CN(Sc2ccc(CNC(=O)c3cc4cnccc4[nH]3)cc2)CC1=O. The average Bonchev–Trinajstić information content (AvgIpc) is 3.31. The summed E-state index contributed by atoms with van der Waals surface area (Å²) in [7, 11) is 0. The van der Waals surface area contributed by atoms with E-state index >= 15 is 0 Å². The van der Waals surface area contributed by atoms with E-state index in [0.717, 1.165) is 40.7 Å². The minimum Gasteiger partial charge on any atom is -0.350 e. The van der Waals surface area contributed by atoms with Crippen molar-refractivity contribution in [2.24, 2.45) is 5.92 Å². The fraction of sp³-hybridized carbons (Fsp3) is 0.318. The van der Waals surface area contributed by atoms with Crippen molar-refractivity contribution in [1.29, 1.82) is 0 Å². The van der Waals surface area contributed by atoms with Crippen LogP contribution in [0.25, 0.3) is 10.9 Å². The molecule has 0 spiro atoms. The van der Waals surface area contributed by atoms with Gasteiger partial charge in [-0.2, -0.15) is 0 Å². The van der Waals surface area contributed by atoms with Gasteiger partial charge < -0.3 is 10.3 Å². The number of pyridine rings is 1. The lowest BCUT2D eigenvalue weighted by Crippen LogP contribution is -2.23. The van der Waals surface area contributed by atoms with Gasteiger partial charge in [0.1, 0.15) is 5.69 Å². The Morgan fingerprint density at radius 3 is 2.90 bits per heavy atom. The van der Waals surface area contributed by atoms with Crippen LogP contribution in [0, 0.1) is 5.92 Å². The Bertz CT molecular complexity index is 982. The molecule has 2 aromatic heterocycles. The van der Waals surface area contributed by atoms with Crippen LogP contribution >= 0.6 is 11.9 Å². The van der Waals surface area contributed by atoms with Crippen LogP contribution < -0.4 is 5.32 Å². The van der Waals surface area contributed by atoms with E-state index in [0.29, 0.717) is 24.6 Å². The van der Waals surface area contributed by atoms with E-state index in [1.807, 2.05) is 30.3 Å². The third-order valence-corrected chi connectivity index (χ3v) is 6.14. The van der Waals surface area contributed by atoms with Crippen LogP contribution in [0.3, 0.4) is 0 Å². The first-order chi connectivity index (χ1) is 14.1. The molecule has 150 valence electrons. The van der Waals surface area contributed by atoms with E-state index in [4.69, 9.17) is 0 Å². The van der Waals surface area contributed by atoms with Crippen molar-refractivity contribution in [3.63, 3.8) is 0 Å². The Balaban J connectivity index is 1.30. The zero-order chi connectivity index (χ0) is 20.2. The number of ketones is 1. The predicted molar refractivity (Wildman–Crippen MR) is 115 cm³/mol. The van der Waals surface area contributed by atoms with Gasteiger partial charge in [-0.15, -0.1) is 0 Å². The van der Waals surface area contributed by atoms with Gasteiger partial charge in [0.05, 0.1) is 6.54 Å². The number of H-pyrrole nitrogens is 1. The summed E-state index contributed by atoms with van der Waals surface area (Å²) in [6.07, 6.45) is 5.45. The molecule has 0 saturated carbocycles. The van der Waals surface area contributed by atoms with E-state index in [-0.39, 0.29) is 11.8 Å². The summed E-state index contributed by atoms with van der Waals surface area (Å²) in [5, 5.41) is 3.86. The van der Waals surface area contributed by atoms with Gasteiger partial charge in [-0.1, -0.05) is 25.5 Å². The summed E-state index contributed by atoms with van der Waals surface area (Å²) >= 11 is 1.63. The molecular formula is C22H24N4O2S. The Labute approximate surface area is 174 Å². The van der Waals surface area contributed by atoms with Crippen molar-refractivity contribution in [2.75, 3.05) is 13.1 Å². The van der Waals surface area contributed by atoms with E-state index in [2.05, 4.69) is 26.5 Å². The molecule has 1 aromatic carbocycles. The molecule has 1 atom stereocenters. The molecule has 0 aliphatic carbocycles. The summed E-state index contributed by atoms with van der Waals surface area (Å²) in [6.45, 7) is 3.93. The summed E-state index contributed by atoms with van der Waals surface area (Å²) in [6, 6.07) is 11.8. The number of carbonyl (C=O) groups excluding carboxylic acids is 2. The van der Waals surface area contributed by atoms with Gasteiger partial charge in [-0.05, 0) is 48.2 Å². The molecule has 3 heterocycles. The Hall–Kier alpha value is -2.64.